The molecule has 0 unspecified atom stereocenters. The van der Waals surface area contributed by atoms with Gasteiger partial charge in [0, 0.05) is 19.3 Å². The average Bonchev–Trinajstić information content (AvgIpc) is 3.38. The quantitative estimate of drug-likeness (QED) is 0.498. The molecule has 2 aromatic heterocycles. The second-order valence-corrected chi connectivity index (χ2v) is 8.84. The van der Waals surface area contributed by atoms with E-state index >= 15 is 0 Å². The molecule has 0 radical (unpaired) electrons. The molecule has 0 spiro atoms. The van der Waals surface area contributed by atoms with E-state index in [1.54, 1.807) is 22.5 Å². The highest BCUT2D eigenvalue weighted by Gasteiger charge is 2.25. The lowest BCUT2D eigenvalue weighted by atomic mass is 10.1. The molecule has 1 saturated carbocycles. The van der Waals surface area contributed by atoms with Gasteiger partial charge in [-0.05, 0) is 50.7 Å². The normalized spacial score (nSPS) is 13.8. The number of thioether (sulfide) groups is 1. The van der Waals surface area contributed by atoms with E-state index in [2.05, 4.69) is 27.5 Å². The number of fused-ring (bicyclic) bond motifs is 1. The maximum atomic E-state index is 12.9. The van der Waals surface area contributed by atoms with Gasteiger partial charge in [-0.25, -0.2) is 4.98 Å². The highest BCUT2D eigenvalue weighted by Crippen LogP contribution is 2.31. The number of aryl methyl sites for hydroxylation is 4. The van der Waals surface area contributed by atoms with Crippen LogP contribution in [-0.2, 0) is 18.4 Å². The lowest BCUT2D eigenvalue weighted by Crippen LogP contribution is -2.25. The minimum Gasteiger partial charge on any atom is -0.325 e. The molecule has 1 aliphatic carbocycles. The molecule has 7 nitrogen and oxygen atoms in total. The number of carbonyl (C=O) groups is 1. The fourth-order valence-corrected chi connectivity index (χ4v) is 4.41. The van der Waals surface area contributed by atoms with E-state index in [1.807, 2.05) is 20.8 Å². The van der Waals surface area contributed by atoms with Crippen LogP contribution in [0.2, 0.25) is 0 Å². The Labute approximate surface area is 173 Å². The van der Waals surface area contributed by atoms with Crippen molar-refractivity contribution in [1.29, 1.82) is 0 Å². The van der Waals surface area contributed by atoms with Gasteiger partial charge in [-0.15, -0.1) is 0 Å². The number of nitrogens with one attached hydrogen (secondary N) is 1. The number of carbonyl (C=O) groups excluding carboxylic acids is 1. The van der Waals surface area contributed by atoms with Crippen LogP contribution < -0.4 is 10.9 Å². The van der Waals surface area contributed by atoms with Crippen LogP contribution in [0.3, 0.4) is 0 Å². The molecule has 8 heteroatoms. The SMILES string of the molecule is Cc1cc(C)c(NC(=O)CSc2nc3cn(C)nc3c(=O)n2CC2CC2)c(C)c1. The molecule has 29 heavy (non-hydrogen) atoms. The Morgan fingerprint density at radius 3 is 2.59 bits per heavy atom. The van der Waals surface area contributed by atoms with E-state index in [0.717, 1.165) is 29.7 Å². The third kappa shape index (κ3) is 4.22. The Morgan fingerprint density at radius 2 is 1.93 bits per heavy atom. The van der Waals surface area contributed by atoms with Crippen molar-refractivity contribution >= 4 is 34.4 Å². The molecule has 152 valence electrons. The van der Waals surface area contributed by atoms with E-state index in [0.29, 0.717) is 28.7 Å². The smallest absolute Gasteiger partial charge is 0.282 e. The summed E-state index contributed by atoms with van der Waals surface area (Å²) in [5.74, 6) is 0.598. The highest BCUT2D eigenvalue weighted by atomic mass is 32.2. The van der Waals surface area contributed by atoms with E-state index in [9.17, 15) is 9.59 Å². The van der Waals surface area contributed by atoms with Gasteiger partial charge < -0.3 is 5.32 Å². The number of anilines is 1. The molecule has 1 aromatic carbocycles. The lowest BCUT2D eigenvalue weighted by Gasteiger charge is -2.14. The molecule has 0 saturated heterocycles. The van der Waals surface area contributed by atoms with Gasteiger partial charge in [-0.1, -0.05) is 29.5 Å². The van der Waals surface area contributed by atoms with Crippen LogP contribution in [-0.4, -0.2) is 31.0 Å². The number of benzene rings is 1. The lowest BCUT2D eigenvalue weighted by molar-refractivity contribution is -0.113. The number of hydrogen-bond donors (Lipinski definition) is 1. The fourth-order valence-electron chi connectivity index (χ4n) is 3.60. The molecule has 4 rings (SSSR count). The first-order valence-electron chi connectivity index (χ1n) is 9.76. The van der Waals surface area contributed by atoms with Crippen LogP contribution >= 0.6 is 11.8 Å². The number of amides is 1. The zero-order chi connectivity index (χ0) is 20.7. The summed E-state index contributed by atoms with van der Waals surface area (Å²) in [7, 11) is 1.78. The predicted octanol–water partition coefficient (Wildman–Crippen LogP) is 3.20. The van der Waals surface area contributed by atoms with Gasteiger partial charge in [0.15, 0.2) is 10.7 Å². The Hall–Kier alpha value is -2.61. The van der Waals surface area contributed by atoms with Crippen molar-refractivity contribution in [3.63, 3.8) is 0 Å². The van der Waals surface area contributed by atoms with E-state index in [4.69, 9.17) is 0 Å². The summed E-state index contributed by atoms with van der Waals surface area (Å²) in [5.41, 5.74) is 4.93. The van der Waals surface area contributed by atoms with Crippen molar-refractivity contribution < 1.29 is 4.79 Å². The Morgan fingerprint density at radius 1 is 1.24 bits per heavy atom. The molecule has 0 aliphatic heterocycles. The highest BCUT2D eigenvalue weighted by molar-refractivity contribution is 7.99. The molecular formula is C21H25N5O2S. The number of hydrogen-bond acceptors (Lipinski definition) is 5. The molecule has 0 bridgehead atoms. The van der Waals surface area contributed by atoms with Crippen LogP contribution in [0.1, 0.15) is 29.5 Å². The Kier molecular flexibility index (Phi) is 5.21. The summed E-state index contributed by atoms with van der Waals surface area (Å²) in [6.07, 6.45) is 3.99. The number of nitrogens with zero attached hydrogens (tertiary/aromatic N) is 4. The zero-order valence-corrected chi connectivity index (χ0v) is 18.0. The van der Waals surface area contributed by atoms with E-state index in [1.165, 1.54) is 17.3 Å². The second kappa shape index (κ2) is 7.67. The van der Waals surface area contributed by atoms with Crippen LogP contribution in [0, 0.1) is 26.7 Å². The average molecular weight is 412 g/mol. The summed E-state index contributed by atoms with van der Waals surface area (Å²) in [6, 6.07) is 4.11. The summed E-state index contributed by atoms with van der Waals surface area (Å²) in [4.78, 5) is 30.2. The minimum atomic E-state index is -0.129. The summed E-state index contributed by atoms with van der Waals surface area (Å²) < 4.78 is 3.29. The van der Waals surface area contributed by atoms with Crippen molar-refractivity contribution in [1.82, 2.24) is 19.3 Å². The maximum Gasteiger partial charge on any atom is 0.282 e. The first-order valence-corrected chi connectivity index (χ1v) is 10.7. The van der Waals surface area contributed by atoms with Gasteiger partial charge in [0.25, 0.3) is 5.56 Å². The zero-order valence-electron chi connectivity index (χ0n) is 17.2. The van der Waals surface area contributed by atoms with E-state index < -0.39 is 0 Å². The summed E-state index contributed by atoms with van der Waals surface area (Å²) >= 11 is 1.30. The van der Waals surface area contributed by atoms with Gasteiger partial charge in [-0.2, -0.15) is 5.10 Å². The van der Waals surface area contributed by atoms with Crippen molar-refractivity contribution in [2.45, 2.75) is 45.3 Å². The third-order valence-electron chi connectivity index (χ3n) is 5.12. The van der Waals surface area contributed by atoms with Gasteiger partial charge in [0.05, 0.1) is 11.9 Å². The Bertz CT molecular complexity index is 1140. The molecular weight excluding hydrogens is 386 g/mol. The van der Waals surface area contributed by atoms with Crippen LogP contribution in [0.5, 0.6) is 0 Å². The van der Waals surface area contributed by atoms with Crippen LogP contribution in [0.4, 0.5) is 5.69 Å². The summed E-state index contributed by atoms with van der Waals surface area (Å²) in [6.45, 7) is 6.67. The summed E-state index contributed by atoms with van der Waals surface area (Å²) in [5, 5.41) is 7.84. The van der Waals surface area contributed by atoms with Crippen molar-refractivity contribution in [3.05, 3.63) is 45.4 Å². The Balaban J connectivity index is 1.56. The third-order valence-corrected chi connectivity index (χ3v) is 6.09. The molecule has 1 aliphatic rings. The van der Waals surface area contributed by atoms with Gasteiger partial charge >= 0.3 is 0 Å². The molecule has 0 atom stereocenters. The predicted molar refractivity (Wildman–Crippen MR) is 115 cm³/mol. The number of aromatic nitrogens is 4. The fraction of sp³-hybridized carbons (Fsp3) is 0.429. The van der Waals surface area contributed by atoms with Crippen LogP contribution in [0.25, 0.3) is 11.0 Å². The molecule has 2 heterocycles. The topological polar surface area (TPSA) is 81.8 Å². The second-order valence-electron chi connectivity index (χ2n) is 7.90. The molecule has 3 aromatic rings. The first-order chi connectivity index (χ1) is 13.8. The first kappa shape index (κ1) is 19.7. The monoisotopic (exact) mass is 411 g/mol. The van der Waals surface area contributed by atoms with Gasteiger partial charge in [0.1, 0.15) is 5.52 Å². The standard InChI is InChI=1S/C21H25N5O2S/c1-12-7-13(2)18(14(3)8-12)23-17(27)11-29-21-22-16-10-25(4)24-19(16)20(28)26(21)9-15-5-6-15/h7-8,10,15H,5-6,9,11H2,1-4H3,(H,23,27). The molecule has 1 N–H and O–H groups in total. The van der Waals surface area contributed by atoms with Crippen LogP contribution in [0.15, 0.2) is 28.3 Å². The van der Waals surface area contributed by atoms with Gasteiger partial charge in [-0.3, -0.25) is 18.8 Å². The number of rotatable bonds is 6. The van der Waals surface area contributed by atoms with Crippen molar-refractivity contribution in [3.8, 4) is 0 Å². The minimum absolute atomic E-state index is 0.108. The van der Waals surface area contributed by atoms with Crippen molar-refractivity contribution in [2.75, 3.05) is 11.1 Å². The van der Waals surface area contributed by atoms with Gasteiger partial charge in [0.2, 0.25) is 5.91 Å². The molecule has 1 fully saturated rings. The maximum absolute atomic E-state index is 12.9. The molecule has 1 amide bonds. The largest absolute Gasteiger partial charge is 0.325 e. The van der Waals surface area contributed by atoms with E-state index in [-0.39, 0.29) is 17.2 Å². The van der Waals surface area contributed by atoms with Crippen molar-refractivity contribution in [2.24, 2.45) is 13.0 Å².